The second kappa shape index (κ2) is 11.3. The van der Waals surface area contributed by atoms with Crippen molar-refractivity contribution in [2.24, 2.45) is 0 Å². The summed E-state index contributed by atoms with van der Waals surface area (Å²) < 4.78 is 2.63. The van der Waals surface area contributed by atoms with E-state index in [0.29, 0.717) is 0 Å². The van der Waals surface area contributed by atoms with Gasteiger partial charge in [-0.25, -0.2) is 0 Å². The average Bonchev–Trinajstić information content (AvgIpc) is 3.56. The molecule has 10 rings (SSSR count). The number of hydrogen-bond donors (Lipinski definition) is 0. The van der Waals surface area contributed by atoms with Crippen molar-refractivity contribution in [2.45, 2.75) is 0 Å². The topological polar surface area (TPSA) is 12.9 Å². The molecule has 8 aromatic carbocycles. The summed E-state index contributed by atoms with van der Waals surface area (Å²) in [6, 6.07) is 61.6. The maximum absolute atomic E-state index is 5.10. The van der Waals surface area contributed by atoms with Crippen LogP contribution in [0.2, 0.25) is 0 Å². The van der Waals surface area contributed by atoms with Gasteiger partial charge in [0.2, 0.25) is 0 Å². The predicted octanol–water partition coefficient (Wildman–Crippen LogP) is 13.6. The summed E-state index contributed by atoms with van der Waals surface area (Å²) in [6.07, 6.45) is 2.06. The van der Waals surface area contributed by atoms with E-state index in [1.165, 1.54) is 80.3 Å². The van der Waals surface area contributed by atoms with Gasteiger partial charge in [0.05, 0.1) is 5.69 Å². The van der Waals surface area contributed by atoms with Crippen molar-refractivity contribution in [3.63, 3.8) is 0 Å². The van der Waals surface area contributed by atoms with Crippen LogP contribution in [-0.4, -0.2) is 4.98 Å². The first-order chi connectivity index (χ1) is 24.3. The van der Waals surface area contributed by atoms with E-state index in [1.54, 1.807) is 0 Å². The first-order valence-corrected chi connectivity index (χ1v) is 17.5. The fourth-order valence-corrected chi connectivity index (χ4v) is 8.73. The van der Waals surface area contributed by atoms with E-state index in [9.17, 15) is 0 Å². The number of hydrogen-bond acceptors (Lipinski definition) is 2. The Morgan fingerprint density at radius 3 is 1.55 bits per heavy atom. The van der Waals surface area contributed by atoms with Crippen LogP contribution in [-0.2, 0) is 0 Å². The highest BCUT2D eigenvalue weighted by Gasteiger charge is 2.17. The van der Waals surface area contributed by atoms with Gasteiger partial charge in [0.25, 0.3) is 0 Å². The van der Waals surface area contributed by atoms with Gasteiger partial charge in [0, 0.05) is 37.5 Å². The molecule has 0 fully saturated rings. The normalized spacial score (nSPS) is 11.7. The SMILES string of the molecule is c1ccc(-c2ccc(-c3c4ccccc4c(-c4ccc(-c5ccc6sc7ccc8ccccc8c7c6c5)nc4)c4ccccc34)cc2)cc1. The fourth-order valence-electron chi connectivity index (χ4n) is 7.63. The van der Waals surface area contributed by atoms with E-state index < -0.39 is 0 Å². The van der Waals surface area contributed by atoms with Crippen molar-refractivity contribution < 1.29 is 0 Å². The van der Waals surface area contributed by atoms with Crippen LogP contribution in [0.1, 0.15) is 0 Å². The van der Waals surface area contributed by atoms with E-state index in [-0.39, 0.29) is 0 Å². The Bertz CT molecular complexity index is 2790. The van der Waals surface area contributed by atoms with E-state index >= 15 is 0 Å². The number of fused-ring (bicyclic) bond motifs is 7. The lowest BCUT2D eigenvalue weighted by atomic mass is 9.86. The van der Waals surface area contributed by atoms with Crippen LogP contribution < -0.4 is 0 Å². The van der Waals surface area contributed by atoms with Crippen LogP contribution in [0.5, 0.6) is 0 Å². The van der Waals surface area contributed by atoms with Crippen molar-refractivity contribution in [1.29, 1.82) is 0 Å². The maximum atomic E-state index is 5.10. The molecule has 0 aliphatic rings. The summed E-state index contributed by atoms with van der Waals surface area (Å²) >= 11 is 1.86. The van der Waals surface area contributed by atoms with Gasteiger partial charge in [-0.1, -0.05) is 146 Å². The molecule has 228 valence electrons. The first-order valence-electron chi connectivity index (χ1n) is 16.7. The third-order valence-electron chi connectivity index (χ3n) is 9.92. The van der Waals surface area contributed by atoms with Gasteiger partial charge < -0.3 is 0 Å². The van der Waals surface area contributed by atoms with E-state index in [1.807, 2.05) is 11.3 Å². The number of nitrogens with zero attached hydrogens (tertiary/aromatic N) is 1. The lowest BCUT2D eigenvalue weighted by Gasteiger charge is -2.18. The number of aromatic nitrogens is 1. The minimum Gasteiger partial charge on any atom is -0.256 e. The van der Waals surface area contributed by atoms with Crippen LogP contribution in [0.4, 0.5) is 0 Å². The highest BCUT2D eigenvalue weighted by molar-refractivity contribution is 7.26. The lowest BCUT2D eigenvalue weighted by Crippen LogP contribution is -1.92. The Kier molecular flexibility index (Phi) is 6.43. The van der Waals surface area contributed by atoms with Crippen LogP contribution in [0.25, 0.3) is 97.1 Å². The third kappa shape index (κ3) is 4.57. The Hall–Kier alpha value is -6.09. The summed E-state index contributed by atoms with van der Waals surface area (Å²) in [5.74, 6) is 0. The van der Waals surface area contributed by atoms with Gasteiger partial charge in [-0.3, -0.25) is 4.98 Å². The molecule has 1 nitrogen and oxygen atoms in total. The quantitative estimate of drug-likeness (QED) is 0.175. The van der Waals surface area contributed by atoms with Crippen molar-refractivity contribution in [3.05, 3.63) is 176 Å². The zero-order chi connectivity index (χ0) is 32.3. The van der Waals surface area contributed by atoms with Crippen molar-refractivity contribution in [1.82, 2.24) is 4.98 Å². The number of benzene rings is 8. The van der Waals surface area contributed by atoms with Gasteiger partial charge in [0.15, 0.2) is 0 Å². The van der Waals surface area contributed by atoms with Crippen molar-refractivity contribution in [2.75, 3.05) is 0 Å². The Labute approximate surface area is 288 Å². The van der Waals surface area contributed by atoms with Gasteiger partial charge in [-0.15, -0.1) is 11.3 Å². The molecule has 0 aliphatic heterocycles. The Balaban J connectivity index is 1.10. The monoisotopic (exact) mass is 639 g/mol. The molecule has 0 amide bonds. The molecule has 0 bridgehead atoms. The van der Waals surface area contributed by atoms with Crippen molar-refractivity contribution in [3.8, 4) is 44.6 Å². The van der Waals surface area contributed by atoms with Crippen LogP contribution in [0.3, 0.4) is 0 Å². The fraction of sp³-hybridized carbons (Fsp3) is 0. The second-order valence-corrected chi connectivity index (χ2v) is 13.8. The number of thiophene rings is 1. The molecule has 0 atom stereocenters. The summed E-state index contributed by atoms with van der Waals surface area (Å²) in [6.45, 7) is 0. The molecule has 10 aromatic rings. The maximum Gasteiger partial charge on any atom is 0.0702 e. The minimum atomic E-state index is 0.981. The molecule has 0 radical (unpaired) electrons. The summed E-state index contributed by atoms with van der Waals surface area (Å²) in [5.41, 5.74) is 9.40. The highest BCUT2D eigenvalue weighted by Crippen LogP contribution is 2.44. The molecule has 0 spiro atoms. The molecule has 0 aliphatic carbocycles. The zero-order valence-corrected chi connectivity index (χ0v) is 27.4. The van der Waals surface area contributed by atoms with Crippen LogP contribution >= 0.6 is 11.3 Å². The second-order valence-electron chi connectivity index (χ2n) is 12.7. The zero-order valence-electron chi connectivity index (χ0n) is 26.6. The largest absolute Gasteiger partial charge is 0.256 e. The molecule has 0 saturated heterocycles. The molecule has 0 unspecified atom stereocenters. The van der Waals surface area contributed by atoms with Crippen LogP contribution in [0, 0.1) is 0 Å². The summed E-state index contributed by atoms with van der Waals surface area (Å²) in [4.78, 5) is 5.10. The molecule has 2 heteroatoms. The van der Waals surface area contributed by atoms with E-state index in [2.05, 4.69) is 176 Å². The van der Waals surface area contributed by atoms with E-state index in [0.717, 1.165) is 16.8 Å². The first kappa shape index (κ1) is 28.0. The average molecular weight is 640 g/mol. The van der Waals surface area contributed by atoms with Crippen molar-refractivity contribution >= 4 is 63.8 Å². The summed E-state index contributed by atoms with van der Waals surface area (Å²) in [5, 5.41) is 10.2. The molecular weight excluding hydrogens is 611 g/mol. The standard InChI is InChI=1S/C47H29NS/c1-2-10-30(11-3-1)31-18-20-33(21-19-31)45-37-14-6-8-16-39(37)46(40-17-9-7-15-38(40)45)35-22-25-42(48-29-35)34-24-26-43-41(28-34)47-36-13-5-4-12-32(36)23-27-44(47)49-43/h1-29H. The Morgan fingerprint density at radius 1 is 0.347 bits per heavy atom. The smallest absolute Gasteiger partial charge is 0.0702 e. The van der Waals surface area contributed by atoms with E-state index in [4.69, 9.17) is 4.98 Å². The molecule has 49 heavy (non-hydrogen) atoms. The number of pyridine rings is 1. The summed E-state index contributed by atoms with van der Waals surface area (Å²) in [7, 11) is 0. The molecule has 2 aromatic heterocycles. The third-order valence-corrected chi connectivity index (χ3v) is 11.1. The molecule has 0 saturated carbocycles. The van der Waals surface area contributed by atoms with Gasteiger partial charge >= 0.3 is 0 Å². The highest BCUT2D eigenvalue weighted by atomic mass is 32.1. The van der Waals surface area contributed by atoms with Gasteiger partial charge in [-0.2, -0.15) is 0 Å². The lowest BCUT2D eigenvalue weighted by molar-refractivity contribution is 1.33. The molecule has 2 heterocycles. The predicted molar refractivity (Wildman–Crippen MR) is 211 cm³/mol. The number of rotatable bonds is 4. The molecule has 0 N–H and O–H groups in total. The molecular formula is C47H29NS. The van der Waals surface area contributed by atoms with Gasteiger partial charge in [0.1, 0.15) is 0 Å². The van der Waals surface area contributed by atoms with Gasteiger partial charge in [-0.05, 0) is 84.4 Å². The Morgan fingerprint density at radius 2 is 0.878 bits per heavy atom. The minimum absolute atomic E-state index is 0.981. The van der Waals surface area contributed by atoms with Crippen LogP contribution in [0.15, 0.2) is 176 Å².